The maximum Gasteiger partial charge on any atom is 0.408 e. The molecule has 2 fully saturated rings. The van der Waals surface area contributed by atoms with Gasteiger partial charge < -0.3 is 25.2 Å². The summed E-state index contributed by atoms with van der Waals surface area (Å²) in [5, 5.41) is 15.2. The van der Waals surface area contributed by atoms with Gasteiger partial charge in [-0.3, -0.25) is 0 Å². The molecule has 36 heavy (non-hydrogen) atoms. The van der Waals surface area contributed by atoms with Gasteiger partial charge in [-0.05, 0) is 62.5 Å². The van der Waals surface area contributed by atoms with Crippen LogP contribution in [0.15, 0.2) is 12.1 Å². The number of amides is 1. The van der Waals surface area contributed by atoms with Crippen LogP contribution < -0.4 is 10.6 Å². The minimum Gasteiger partial charge on any atom is -0.480 e. The number of aryl methyl sites for hydroxylation is 2. The summed E-state index contributed by atoms with van der Waals surface area (Å²) >= 11 is 0. The standard InChI is InChI=1S/C24H36N4O7S/c1-36(32,33)28-11-8-19(15-28)35-24(31)27-21(23(29)30)9-12-34-20-13-16(14-20)4-6-18-7-5-17-3-2-10-25-22(17)26-18/h5,7,16,19-21H,2-4,6,8-15H2,1H3,(H,25,26)(H,27,31)(H,29,30)/t16?,19?,20?,21-/m0/s1. The summed E-state index contributed by atoms with van der Waals surface area (Å²) in [6.07, 6.45) is 6.35. The Balaban J connectivity index is 1.10. The molecule has 11 nitrogen and oxygen atoms in total. The van der Waals surface area contributed by atoms with Crippen molar-refractivity contribution in [1.29, 1.82) is 0 Å². The van der Waals surface area contributed by atoms with Crippen LogP contribution in [0.5, 0.6) is 0 Å². The van der Waals surface area contributed by atoms with Crippen molar-refractivity contribution in [2.75, 3.05) is 37.8 Å². The van der Waals surface area contributed by atoms with Crippen molar-refractivity contribution in [2.45, 2.75) is 69.6 Å². The number of carboxylic acid groups (broad SMARTS) is 1. The van der Waals surface area contributed by atoms with Gasteiger partial charge in [0.15, 0.2) is 0 Å². The summed E-state index contributed by atoms with van der Waals surface area (Å²) in [5.41, 5.74) is 2.40. The lowest BCUT2D eigenvalue weighted by molar-refractivity contribution is -0.140. The van der Waals surface area contributed by atoms with Crippen molar-refractivity contribution in [3.8, 4) is 0 Å². The average Bonchev–Trinajstić information content (AvgIpc) is 3.28. The molecular weight excluding hydrogens is 488 g/mol. The Morgan fingerprint density at radius 2 is 2.11 bits per heavy atom. The number of hydrogen-bond acceptors (Lipinski definition) is 8. The molecular formula is C24H36N4O7S. The van der Waals surface area contributed by atoms with E-state index in [1.54, 1.807) is 0 Å². The van der Waals surface area contributed by atoms with E-state index in [4.69, 9.17) is 14.5 Å². The third-order valence-corrected chi connectivity index (χ3v) is 8.42. The van der Waals surface area contributed by atoms with Crippen LogP contribution in [-0.2, 0) is 37.1 Å². The number of aromatic nitrogens is 1. The molecule has 0 spiro atoms. The largest absolute Gasteiger partial charge is 0.480 e. The second-order valence-corrected chi connectivity index (χ2v) is 12.0. The van der Waals surface area contributed by atoms with Crippen LogP contribution in [-0.4, -0.2) is 85.6 Å². The van der Waals surface area contributed by atoms with Crippen molar-refractivity contribution in [2.24, 2.45) is 5.92 Å². The van der Waals surface area contributed by atoms with E-state index in [1.807, 2.05) is 0 Å². The zero-order valence-electron chi connectivity index (χ0n) is 20.6. The lowest BCUT2D eigenvalue weighted by Crippen LogP contribution is -2.43. The van der Waals surface area contributed by atoms with Crippen molar-refractivity contribution in [1.82, 2.24) is 14.6 Å². The maximum absolute atomic E-state index is 12.1. The lowest BCUT2D eigenvalue weighted by Gasteiger charge is -2.35. The van der Waals surface area contributed by atoms with Gasteiger partial charge in [-0.1, -0.05) is 6.07 Å². The van der Waals surface area contributed by atoms with Gasteiger partial charge in [-0.15, -0.1) is 0 Å². The maximum atomic E-state index is 12.1. The van der Waals surface area contributed by atoms with Crippen molar-refractivity contribution in [3.63, 3.8) is 0 Å². The van der Waals surface area contributed by atoms with Crippen LogP contribution in [0.4, 0.5) is 10.6 Å². The molecule has 1 aliphatic carbocycles. The topological polar surface area (TPSA) is 147 Å². The molecule has 4 rings (SSSR count). The highest BCUT2D eigenvalue weighted by Crippen LogP contribution is 2.34. The van der Waals surface area contributed by atoms with E-state index in [2.05, 4.69) is 22.8 Å². The summed E-state index contributed by atoms with van der Waals surface area (Å²) in [6, 6.07) is 3.17. The molecule has 0 aromatic carbocycles. The Morgan fingerprint density at radius 3 is 2.83 bits per heavy atom. The second kappa shape index (κ2) is 11.7. The first-order valence-electron chi connectivity index (χ1n) is 12.7. The normalized spacial score (nSPS) is 24.8. The van der Waals surface area contributed by atoms with Crippen LogP contribution in [0.3, 0.4) is 0 Å². The molecule has 200 valence electrons. The molecule has 12 heteroatoms. The number of fused-ring (bicyclic) bond motifs is 1. The van der Waals surface area contributed by atoms with Crippen LogP contribution >= 0.6 is 0 Å². The van der Waals surface area contributed by atoms with Crippen LogP contribution in [0.25, 0.3) is 0 Å². The minimum absolute atomic E-state index is 0.0787. The lowest BCUT2D eigenvalue weighted by atomic mass is 9.79. The molecule has 1 aromatic heterocycles. The van der Waals surface area contributed by atoms with E-state index in [-0.39, 0.29) is 32.2 Å². The highest BCUT2D eigenvalue weighted by Gasteiger charge is 2.33. The molecule has 1 unspecified atom stereocenters. The van der Waals surface area contributed by atoms with E-state index in [0.717, 1.165) is 62.8 Å². The zero-order chi connectivity index (χ0) is 25.7. The number of carboxylic acids is 1. The fraction of sp³-hybridized carbons (Fsp3) is 0.708. The zero-order valence-corrected chi connectivity index (χ0v) is 21.5. The molecule has 2 atom stereocenters. The fourth-order valence-corrected chi connectivity index (χ4v) is 5.81. The Bertz CT molecular complexity index is 1040. The first-order chi connectivity index (χ1) is 17.2. The molecule has 0 bridgehead atoms. The smallest absolute Gasteiger partial charge is 0.408 e. The highest BCUT2D eigenvalue weighted by molar-refractivity contribution is 7.88. The van der Waals surface area contributed by atoms with Crippen molar-refractivity contribution in [3.05, 3.63) is 23.4 Å². The number of nitrogens with zero attached hydrogens (tertiary/aromatic N) is 2. The van der Waals surface area contributed by atoms with E-state index < -0.39 is 34.2 Å². The summed E-state index contributed by atoms with van der Waals surface area (Å²) in [5.74, 6) is 0.429. The Kier molecular flexibility index (Phi) is 8.68. The van der Waals surface area contributed by atoms with E-state index in [0.29, 0.717) is 12.3 Å². The number of nitrogens with one attached hydrogen (secondary N) is 2. The Morgan fingerprint density at radius 1 is 1.31 bits per heavy atom. The molecule has 3 N–H and O–H groups in total. The first-order valence-corrected chi connectivity index (χ1v) is 14.5. The number of carbonyl (C=O) groups excluding carboxylic acids is 1. The van der Waals surface area contributed by atoms with Crippen LogP contribution in [0.1, 0.15) is 49.8 Å². The van der Waals surface area contributed by atoms with Gasteiger partial charge in [0.05, 0.1) is 18.9 Å². The second-order valence-electron chi connectivity index (χ2n) is 9.97. The predicted molar refractivity (Wildman–Crippen MR) is 132 cm³/mol. The van der Waals surface area contributed by atoms with Gasteiger partial charge in [0.2, 0.25) is 10.0 Å². The molecule has 2 aliphatic heterocycles. The summed E-state index contributed by atoms with van der Waals surface area (Å²) < 4.78 is 35.4. The third-order valence-electron chi connectivity index (χ3n) is 7.15. The Labute approximate surface area is 212 Å². The summed E-state index contributed by atoms with van der Waals surface area (Å²) in [7, 11) is -3.35. The van der Waals surface area contributed by atoms with Gasteiger partial charge >= 0.3 is 12.1 Å². The Hall–Kier alpha value is -2.44. The molecule has 1 saturated heterocycles. The van der Waals surface area contributed by atoms with Crippen LogP contribution in [0, 0.1) is 5.92 Å². The van der Waals surface area contributed by atoms with Gasteiger partial charge in [0, 0.05) is 31.8 Å². The monoisotopic (exact) mass is 524 g/mol. The summed E-state index contributed by atoms with van der Waals surface area (Å²) in [6.45, 7) is 1.55. The van der Waals surface area contributed by atoms with Gasteiger partial charge in [0.1, 0.15) is 18.0 Å². The van der Waals surface area contributed by atoms with E-state index in [1.165, 1.54) is 9.87 Å². The number of carbonyl (C=O) groups is 2. The molecule has 1 amide bonds. The predicted octanol–water partition coefficient (Wildman–Crippen LogP) is 1.77. The highest BCUT2D eigenvalue weighted by atomic mass is 32.2. The van der Waals surface area contributed by atoms with Gasteiger partial charge in [0.25, 0.3) is 0 Å². The minimum atomic E-state index is -3.35. The number of ether oxygens (including phenoxy) is 2. The van der Waals surface area contributed by atoms with Gasteiger partial charge in [-0.2, -0.15) is 4.31 Å². The molecule has 1 aromatic rings. The molecule has 3 heterocycles. The SMILES string of the molecule is CS(=O)(=O)N1CCC(OC(=O)N[C@@H](CCOC2CC(CCc3ccc4c(n3)NCCC4)C2)C(=O)O)C1. The van der Waals surface area contributed by atoms with Crippen LogP contribution in [0.2, 0.25) is 0 Å². The number of sulfonamides is 1. The number of aliphatic carboxylic acids is 1. The number of pyridine rings is 1. The molecule has 3 aliphatic rings. The summed E-state index contributed by atoms with van der Waals surface area (Å²) in [4.78, 5) is 28.4. The van der Waals surface area contributed by atoms with E-state index in [9.17, 15) is 23.1 Å². The first kappa shape index (κ1) is 26.6. The number of hydrogen-bond donors (Lipinski definition) is 3. The average molecular weight is 525 g/mol. The van der Waals surface area contributed by atoms with Crippen molar-refractivity contribution >= 4 is 27.9 Å². The number of rotatable bonds is 11. The molecule has 0 radical (unpaired) electrons. The number of alkyl carbamates (subject to hydrolysis) is 1. The van der Waals surface area contributed by atoms with Gasteiger partial charge in [-0.25, -0.2) is 23.0 Å². The third kappa shape index (κ3) is 7.30. The number of anilines is 1. The van der Waals surface area contributed by atoms with Crippen molar-refractivity contribution < 1.29 is 32.6 Å². The van der Waals surface area contributed by atoms with E-state index >= 15 is 0 Å². The fourth-order valence-electron chi connectivity index (χ4n) is 4.94. The molecule has 1 saturated carbocycles. The quantitative estimate of drug-likeness (QED) is 0.394.